The van der Waals surface area contributed by atoms with Gasteiger partial charge in [-0.25, -0.2) is 4.98 Å². The van der Waals surface area contributed by atoms with Gasteiger partial charge in [0.2, 0.25) is 6.71 Å². The molecule has 0 atom stereocenters. The van der Waals surface area contributed by atoms with Crippen molar-refractivity contribution in [2.75, 3.05) is 0 Å². The summed E-state index contributed by atoms with van der Waals surface area (Å²) in [6.45, 7) is 8.98. The van der Waals surface area contributed by atoms with Crippen LogP contribution in [0.15, 0.2) is 133 Å². The van der Waals surface area contributed by atoms with Gasteiger partial charge in [-0.15, -0.1) is 0 Å². The summed E-state index contributed by atoms with van der Waals surface area (Å²) in [4.78, 5) is 5.35. The van der Waals surface area contributed by atoms with Crippen molar-refractivity contribution in [1.29, 1.82) is 0 Å². The predicted molar refractivity (Wildman–Crippen MR) is 205 cm³/mol. The average Bonchev–Trinajstić information content (AvgIpc) is 3.08. The Labute approximate surface area is 275 Å². The fourth-order valence-electron chi connectivity index (χ4n) is 8.13. The Morgan fingerprint density at radius 1 is 0.447 bits per heavy atom. The number of hydrogen-bond acceptors (Lipinski definition) is 1. The predicted octanol–water partition coefficient (Wildman–Crippen LogP) is 9.70. The second kappa shape index (κ2) is 10.5. The van der Waals surface area contributed by atoms with Gasteiger partial charge in [0.15, 0.2) is 0 Å². The Morgan fingerprint density at radius 3 is 1.77 bits per heavy atom. The highest BCUT2D eigenvalue weighted by atomic mass is 14.7. The molecular formula is C45H34BN. The molecular weight excluding hydrogens is 565 g/mol. The van der Waals surface area contributed by atoms with Gasteiger partial charge in [0.25, 0.3) is 0 Å². The van der Waals surface area contributed by atoms with Crippen LogP contribution in [0.25, 0.3) is 65.3 Å². The zero-order valence-corrected chi connectivity index (χ0v) is 27.2. The molecule has 1 nitrogen and oxygen atoms in total. The third-order valence-corrected chi connectivity index (χ3v) is 10.3. The molecule has 0 amide bonds. The summed E-state index contributed by atoms with van der Waals surface area (Å²) in [6, 6.07) is 49.7. The summed E-state index contributed by atoms with van der Waals surface area (Å²) >= 11 is 0. The van der Waals surface area contributed by atoms with Crippen molar-refractivity contribution in [3.05, 3.63) is 156 Å². The number of nitrogens with zero attached hydrogens (tertiary/aromatic N) is 1. The van der Waals surface area contributed by atoms with Crippen LogP contribution < -0.4 is 16.4 Å². The number of rotatable bonds is 4. The van der Waals surface area contributed by atoms with Crippen LogP contribution in [0.3, 0.4) is 0 Å². The first-order valence-electron chi connectivity index (χ1n) is 16.6. The zero-order chi connectivity index (χ0) is 31.8. The highest BCUT2D eigenvalue weighted by molar-refractivity contribution is 6.96. The Balaban J connectivity index is 1.28. The van der Waals surface area contributed by atoms with Gasteiger partial charge in [0, 0.05) is 21.7 Å². The van der Waals surface area contributed by atoms with Crippen molar-refractivity contribution in [3.8, 4) is 11.3 Å². The van der Waals surface area contributed by atoms with Crippen LogP contribution in [0.1, 0.15) is 22.3 Å². The molecule has 1 heterocycles. The van der Waals surface area contributed by atoms with Gasteiger partial charge < -0.3 is 0 Å². The minimum absolute atomic E-state index is 0.146. The van der Waals surface area contributed by atoms with Crippen molar-refractivity contribution in [2.45, 2.75) is 27.7 Å². The SMILES string of the molecule is Cc1ccc(B(c2ccc(-c3nc4ccccc4c4c3cc3ccc5cccc6ccc4c3c56)cc2)c2ccc(C)cc2C)c(C)c1. The maximum absolute atomic E-state index is 5.35. The first-order chi connectivity index (χ1) is 22.9. The molecule has 0 fully saturated rings. The van der Waals surface area contributed by atoms with E-state index in [0.29, 0.717) is 0 Å². The molecule has 0 radical (unpaired) electrons. The van der Waals surface area contributed by atoms with E-state index >= 15 is 0 Å². The topological polar surface area (TPSA) is 12.9 Å². The minimum atomic E-state index is 0.146. The number of fused-ring (bicyclic) bond motifs is 4. The van der Waals surface area contributed by atoms with Crippen LogP contribution in [0.2, 0.25) is 0 Å². The standard InChI is InChI=1S/C45H34BN/c1-27-12-22-39(29(3)24-27)46(40-23-13-28(2)25-30(40)4)35-19-16-33(17-20-35)45-38-26-34-15-14-31-8-7-9-32-18-21-37(43(34)42(31)32)44(38)36-10-5-6-11-41(36)47-45/h5-26H,1-4H3. The molecule has 9 rings (SSSR count). The number of hydrogen-bond donors (Lipinski definition) is 0. The first-order valence-corrected chi connectivity index (χ1v) is 16.6. The van der Waals surface area contributed by atoms with Crippen molar-refractivity contribution >= 4 is 77.1 Å². The molecule has 0 spiro atoms. The van der Waals surface area contributed by atoms with Crippen molar-refractivity contribution < 1.29 is 0 Å². The van der Waals surface area contributed by atoms with E-state index in [2.05, 4.69) is 161 Å². The molecule has 0 saturated carbocycles. The van der Waals surface area contributed by atoms with Crippen LogP contribution >= 0.6 is 0 Å². The largest absolute Gasteiger partial charge is 0.247 e. The molecule has 0 aliphatic carbocycles. The molecule has 9 aromatic rings. The van der Waals surface area contributed by atoms with Crippen LogP contribution in [0, 0.1) is 27.7 Å². The van der Waals surface area contributed by atoms with Crippen LogP contribution in [0.5, 0.6) is 0 Å². The minimum Gasteiger partial charge on any atom is -0.247 e. The van der Waals surface area contributed by atoms with E-state index in [1.807, 2.05) is 0 Å². The maximum atomic E-state index is 5.35. The Bertz CT molecular complexity index is 2600. The lowest BCUT2D eigenvalue weighted by Crippen LogP contribution is -2.53. The first kappa shape index (κ1) is 27.8. The normalized spacial score (nSPS) is 11.8. The lowest BCUT2D eigenvalue weighted by molar-refractivity contribution is 1.40. The lowest BCUT2D eigenvalue weighted by Gasteiger charge is -2.21. The van der Waals surface area contributed by atoms with Crippen molar-refractivity contribution in [2.24, 2.45) is 0 Å². The second-order valence-electron chi connectivity index (χ2n) is 13.4. The third-order valence-electron chi connectivity index (χ3n) is 10.3. The van der Waals surface area contributed by atoms with E-state index < -0.39 is 0 Å². The van der Waals surface area contributed by atoms with Crippen LogP contribution in [0.4, 0.5) is 0 Å². The Morgan fingerprint density at radius 2 is 1.09 bits per heavy atom. The molecule has 222 valence electrons. The van der Waals surface area contributed by atoms with Gasteiger partial charge in [-0.05, 0) is 72.1 Å². The van der Waals surface area contributed by atoms with E-state index in [0.717, 1.165) is 16.8 Å². The zero-order valence-electron chi connectivity index (χ0n) is 27.2. The number of para-hydroxylation sites is 1. The van der Waals surface area contributed by atoms with Crippen LogP contribution in [-0.2, 0) is 0 Å². The van der Waals surface area contributed by atoms with Gasteiger partial charge in [-0.2, -0.15) is 0 Å². The fraction of sp³-hybridized carbons (Fsp3) is 0.0889. The number of aromatic nitrogens is 1. The van der Waals surface area contributed by atoms with E-state index in [-0.39, 0.29) is 6.71 Å². The molecule has 0 saturated heterocycles. The molecule has 0 N–H and O–H groups in total. The Hall–Kier alpha value is -5.47. The van der Waals surface area contributed by atoms with Gasteiger partial charge in [0.05, 0.1) is 11.2 Å². The fourth-order valence-corrected chi connectivity index (χ4v) is 8.13. The van der Waals surface area contributed by atoms with Gasteiger partial charge in [0.1, 0.15) is 0 Å². The van der Waals surface area contributed by atoms with E-state index in [1.165, 1.54) is 87.1 Å². The highest BCUT2D eigenvalue weighted by Crippen LogP contribution is 2.43. The molecule has 0 aliphatic rings. The quantitative estimate of drug-likeness (QED) is 0.112. The molecule has 2 heteroatoms. The molecule has 47 heavy (non-hydrogen) atoms. The molecule has 8 aromatic carbocycles. The number of aryl methyl sites for hydroxylation is 4. The molecule has 0 aliphatic heterocycles. The third kappa shape index (κ3) is 4.36. The summed E-state index contributed by atoms with van der Waals surface area (Å²) in [6.07, 6.45) is 0. The van der Waals surface area contributed by atoms with Crippen LogP contribution in [-0.4, -0.2) is 11.7 Å². The summed E-state index contributed by atoms with van der Waals surface area (Å²) in [5.74, 6) is 0. The summed E-state index contributed by atoms with van der Waals surface area (Å²) in [5.41, 5.74) is 12.4. The summed E-state index contributed by atoms with van der Waals surface area (Å²) in [5, 5.41) is 11.5. The molecule has 0 unspecified atom stereocenters. The maximum Gasteiger partial charge on any atom is 0.241 e. The monoisotopic (exact) mass is 599 g/mol. The average molecular weight is 600 g/mol. The summed E-state index contributed by atoms with van der Waals surface area (Å²) < 4.78 is 0. The summed E-state index contributed by atoms with van der Waals surface area (Å²) in [7, 11) is 0. The molecule has 0 bridgehead atoms. The van der Waals surface area contributed by atoms with E-state index in [4.69, 9.17) is 4.98 Å². The van der Waals surface area contributed by atoms with E-state index in [9.17, 15) is 0 Å². The Kier molecular flexibility index (Phi) is 6.24. The lowest BCUT2D eigenvalue weighted by atomic mass is 9.35. The van der Waals surface area contributed by atoms with Crippen molar-refractivity contribution in [3.63, 3.8) is 0 Å². The number of benzene rings is 8. The second-order valence-corrected chi connectivity index (χ2v) is 13.4. The highest BCUT2D eigenvalue weighted by Gasteiger charge is 2.25. The van der Waals surface area contributed by atoms with E-state index in [1.54, 1.807) is 0 Å². The smallest absolute Gasteiger partial charge is 0.241 e. The molecule has 1 aromatic heterocycles. The number of pyridine rings is 1. The van der Waals surface area contributed by atoms with Gasteiger partial charge in [-0.1, -0.05) is 160 Å². The van der Waals surface area contributed by atoms with Gasteiger partial charge in [-0.3, -0.25) is 0 Å². The van der Waals surface area contributed by atoms with Gasteiger partial charge >= 0.3 is 0 Å². The van der Waals surface area contributed by atoms with Crippen molar-refractivity contribution in [1.82, 2.24) is 4.98 Å².